The zero-order valence-electron chi connectivity index (χ0n) is 17.7. The van der Waals surface area contributed by atoms with E-state index in [-0.39, 0.29) is 23.6 Å². The van der Waals surface area contributed by atoms with E-state index in [1.165, 1.54) is 18.2 Å². The molecule has 1 atom stereocenters. The molecule has 2 amide bonds. The minimum absolute atomic E-state index is 0.0822. The van der Waals surface area contributed by atoms with Gasteiger partial charge >= 0.3 is 0 Å². The van der Waals surface area contributed by atoms with Crippen molar-refractivity contribution in [3.8, 4) is 0 Å². The summed E-state index contributed by atoms with van der Waals surface area (Å²) >= 11 is 13.4. The summed E-state index contributed by atoms with van der Waals surface area (Å²) in [5, 5.41) is 4.46. The Hall–Kier alpha value is -1.69. The summed E-state index contributed by atoms with van der Waals surface area (Å²) in [6.07, 6.45) is 5.53. The fourth-order valence-corrected chi connectivity index (χ4v) is 4.73. The minimum Gasteiger partial charge on any atom is -0.352 e. The topological polar surface area (TPSA) is 49.4 Å². The summed E-state index contributed by atoms with van der Waals surface area (Å²) in [6, 6.07) is 14.4. The Balaban J connectivity index is 1.69. The number of carbonyl (C=O) groups excluding carboxylic acids is 2. The van der Waals surface area contributed by atoms with Crippen LogP contribution in [0.1, 0.15) is 44.6 Å². The predicted octanol–water partition coefficient (Wildman–Crippen LogP) is 5.95. The van der Waals surface area contributed by atoms with E-state index >= 15 is 0 Å². The van der Waals surface area contributed by atoms with Gasteiger partial charge < -0.3 is 10.2 Å². The van der Waals surface area contributed by atoms with Crippen LogP contribution in [0.2, 0.25) is 10.0 Å². The van der Waals surface area contributed by atoms with Crippen molar-refractivity contribution in [2.24, 2.45) is 0 Å². The fraction of sp³-hybridized carbons (Fsp3) is 0.417. The van der Waals surface area contributed by atoms with Crippen LogP contribution in [0.15, 0.2) is 53.4 Å². The summed E-state index contributed by atoms with van der Waals surface area (Å²) in [5.41, 5.74) is 0.937. The zero-order chi connectivity index (χ0) is 22.2. The maximum absolute atomic E-state index is 13.2. The smallest absolute Gasteiger partial charge is 0.242 e. The quantitative estimate of drug-likeness (QED) is 0.476. The zero-order valence-corrected chi connectivity index (χ0v) is 20.0. The summed E-state index contributed by atoms with van der Waals surface area (Å²) in [6.45, 7) is 2.16. The summed E-state index contributed by atoms with van der Waals surface area (Å²) in [7, 11) is 0. The van der Waals surface area contributed by atoms with Gasteiger partial charge in [-0.2, -0.15) is 0 Å². The van der Waals surface area contributed by atoms with Gasteiger partial charge in [-0.25, -0.2) is 0 Å². The van der Waals surface area contributed by atoms with Crippen LogP contribution in [0.4, 0.5) is 0 Å². The number of nitrogens with zero attached hydrogens (tertiary/aromatic N) is 1. The Morgan fingerprint density at radius 3 is 2.19 bits per heavy atom. The first kappa shape index (κ1) is 24.0. The molecule has 0 radical (unpaired) electrons. The highest BCUT2D eigenvalue weighted by molar-refractivity contribution is 8.00. The number of rotatable bonds is 8. The molecule has 0 aliphatic heterocycles. The number of hydrogen-bond donors (Lipinski definition) is 1. The van der Waals surface area contributed by atoms with Crippen molar-refractivity contribution >= 4 is 46.8 Å². The fourth-order valence-electron chi connectivity index (χ4n) is 3.70. The van der Waals surface area contributed by atoms with E-state index in [2.05, 4.69) is 5.32 Å². The average molecular weight is 479 g/mol. The van der Waals surface area contributed by atoms with Crippen molar-refractivity contribution in [1.29, 1.82) is 0 Å². The molecule has 31 heavy (non-hydrogen) atoms. The Morgan fingerprint density at radius 2 is 1.58 bits per heavy atom. The van der Waals surface area contributed by atoms with Crippen LogP contribution in [0.5, 0.6) is 0 Å². The van der Waals surface area contributed by atoms with Gasteiger partial charge in [-0.3, -0.25) is 9.59 Å². The van der Waals surface area contributed by atoms with Gasteiger partial charge in [0.15, 0.2) is 0 Å². The third-order valence-corrected chi connectivity index (χ3v) is 7.06. The number of carbonyl (C=O) groups is 2. The lowest BCUT2D eigenvalue weighted by Crippen LogP contribution is -2.50. The van der Waals surface area contributed by atoms with Crippen molar-refractivity contribution in [3.63, 3.8) is 0 Å². The van der Waals surface area contributed by atoms with Crippen LogP contribution in [0.3, 0.4) is 0 Å². The third kappa shape index (κ3) is 7.44. The van der Waals surface area contributed by atoms with Crippen LogP contribution in [-0.4, -0.2) is 34.6 Å². The van der Waals surface area contributed by atoms with Crippen LogP contribution in [0, 0.1) is 0 Å². The molecule has 0 aromatic heterocycles. The largest absolute Gasteiger partial charge is 0.352 e. The maximum Gasteiger partial charge on any atom is 0.242 e. The maximum atomic E-state index is 13.2. The summed E-state index contributed by atoms with van der Waals surface area (Å²) in [4.78, 5) is 28.8. The van der Waals surface area contributed by atoms with E-state index in [1.54, 1.807) is 36.1 Å². The highest BCUT2D eigenvalue weighted by Gasteiger charge is 2.28. The number of halogens is 2. The average Bonchev–Trinajstić information content (AvgIpc) is 2.78. The van der Waals surface area contributed by atoms with E-state index in [0.29, 0.717) is 16.6 Å². The van der Waals surface area contributed by atoms with Crippen molar-refractivity contribution in [3.05, 3.63) is 64.1 Å². The molecule has 3 rings (SSSR count). The van der Waals surface area contributed by atoms with Crippen molar-refractivity contribution in [2.75, 3.05) is 5.75 Å². The van der Waals surface area contributed by atoms with Crippen LogP contribution in [0.25, 0.3) is 0 Å². The highest BCUT2D eigenvalue weighted by Crippen LogP contribution is 2.23. The summed E-state index contributed by atoms with van der Waals surface area (Å²) < 4.78 is 0. The lowest BCUT2D eigenvalue weighted by atomic mass is 9.95. The SMILES string of the molecule is C[C@@H](C(=O)NC1CCCCC1)N(Cc1ccc(Cl)cc1)C(=O)CSc1ccc(Cl)cc1. The van der Waals surface area contributed by atoms with E-state index < -0.39 is 6.04 Å². The van der Waals surface area contributed by atoms with E-state index in [9.17, 15) is 9.59 Å². The van der Waals surface area contributed by atoms with Crippen LogP contribution < -0.4 is 5.32 Å². The molecule has 4 nitrogen and oxygen atoms in total. The molecular weight excluding hydrogens is 451 g/mol. The Morgan fingerprint density at radius 1 is 1.00 bits per heavy atom. The molecule has 0 spiro atoms. The van der Waals surface area contributed by atoms with E-state index in [4.69, 9.17) is 23.2 Å². The van der Waals surface area contributed by atoms with Gasteiger partial charge in [-0.05, 0) is 61.7 Å². The first-order valence-corrected chi connectivity index (χ1v) is 12.4. The lowest BCUT2D eigenvalue weighted by Gasteiger charge is -2.31. The van der Waals surface area contributed by atoms with Crippen molar-refractivity contribution in [1.82, 2.24) is 10.2 Å². The second kappa shape index (κ2) is 11.8. The molecule has 0 unspecified atom stereocenters. The number of nitrogens with one attached hydrogen (secondary N) is 1. The number of thioether (sulfide) groups is 1. The predicted molar refractivity (Wildman–Crippen MR) is 129 cm³/mol. The molecule has 1 fully saturated rings. The number of amides is 2. The van der Waals surface area contributed by atoms with Gasteiger partial charge in [-0.15, -0.1) is 11.8 Å². The van der Waals surface area contributed by atoms with Crippen LogP contribution in [-0.2, 0) is 16.1 Å². The normalized spacial score (nSPS) is 15.3. The van der Waals surface area contributed by atoms with Gasteiger partial charge in [-0.1, -0.05) is 54.6 Å². The van der Waals surface area contributed by atoms with E-state index in [0.717, 1.165) is 36.1 Å². The second-order valence-corrected chi connectivity index (χ2v) is 9.83. The minimum atomic E-state index is -0.559. The second-order valence-electron chi connectivity index (χ2n) is 7.91. The first-order chi connectivity index (χ1) is 14.9. The van der Waals surface area contributed by atoms with Crippen LogP contribution >= 0.6 is 35.0 Å². The first-order valence-electron chi connectivity index (χ1n) is 10.6. The molecule has 1 saturated carbocycles. The number of hydrogen-bond acceptors (Lipinski definition) is 3. The molecule has 0 heterocycles. The van der Waals surface area contributed by atoms with Gasteiger partial charge in [0.1, 0.15) is 6.04 Å². The Bertz CT molecular complexity index is 868. The van der Waals surface area contributed by atoms with Gasteiger partial charge in [0.05, 0.1) is 5.75 Å². The Kier molecular flexibility index (Phi) is 9.12. The molecule has 2 aromatic rings. The molecule has 2 aromatic carbocycles. The molecule has 166 valence electrons. The third-order valence-electron chi connectivity index (χ3n) is 5.56. The molecular formula is C24H28Cl2N2O2S. The molecule has 1 aliphatic carbocycles. The molecule has 0 bridgehead atoms. The molecule has 0 saturated heterocycles. The highest BCUT2D eigenvalue weighted by atomic mass is 35.5. The van der Waals surface area contributed by atoms with Crippen molar-refractivity contribution in [2.45, 2.75) is 62.6 Å². The van der Waals surface area contributed by atoms with Gasteiger partial charge in [0, 0.05) is 27.5 Å². The summed E-state index contributed by atoms with van der Waals surface area (Å²) in [5.74, 6) is 0.0721. The molecule has 1 N–H and O–H groups in total. The number of benzene rings is 2. The van der Waals surface area contributed by atoms with Gasteiger partial charge in [0.2, 0.25) is 11.8 Å². The monoisotopic (exact) mass is 478 g/mol. The van der Waals surface area contributed by atoms with Crippen molar-refractivity contribution < 1.29 is 9.59 Å². The molecule has 7 heteroatoms. The van der Waals surface area contributed by atoms with Gasteiger partial charge in [0.25, 0.3) is 0 Å². The lowest BCUT2D eigenvalue weighted by molar-refractivity contribution is -0.139. The van der Waals surface area contributed by atoms with E-state index in [1.807, 2.05) is 24.3 Å². The Labute approximate surface area is 198 Å². The molecule has 1 aliphatic rings. The standard InChI is InChI=1S/C24H28Cl2N2O2S/c1-17(24(30)27-21-5-3-2-4-6-21)28(15-18-7-9-19(25)10-8-18)23(29)16-31-22-13-11-20(26)12-14-22/h7-14,17,21H,2-6,15-16H2,1H3,(H,27,30)/t17-/m0/s1.